The molecule has 2 aromatic rings. The van der Waals surface area contributed by atoms with E-state index in [1.807, 2.05) is 0 Å². The van der Waals surface area contributed by atoms with E-state index in [0.29, 0.717) is 11.6 Å². The van der Waals surface area contributed by atoms with E-state index >= 15 is 0 Å². The zero-order valence-electron chi connectivity index (χ0n) is 17.6. The summed E-state index contributed by atoms with van der Waals surface area (Å²) >= 11 is 0.115. The normalized spacial score (nSPS) is 16.8. The molecule has 12 heteroatoms. The average Bonchev–Trinajstić information content (AvgIpc) is 3.14. The zero-order valence-corrected chi connectivity index (χ0v) is 18.4. The first-order chi connectivity index (χ1) is 15.8. The SMILES string of the molecule is CC1=CC=C(c2nsc(C(F)(F)F)c2COc2ccc(CCC(=O)O)c(C(F)(F)F)c2)C(F)C1. The van der Waals surface area contributed by atoms with Gasteiger partial charge in [-0.2, -0.15) is 30.7 Å². The van der Waals surface area contributed by atoms with Gasteiger partial charge in [-0.15, -0.1) is 0 Å². The Morgan fingerprint density at radius 2 is 1.88 bits per heavy atom. The van der Waals surface area contributed by atoms with Crippen LogP contribution >= 0.6 is 11.5 Å². The summed E-state index contributed by atoms with van der Waals surface area (Å²) < 4.78 is 105. The minimum Gasteiger partial charge on any atom is -0.489 e. The summed E-state index contributed by atoms with van der Waals surface area (Å²) in [5, 5.41) is 8.73. The third-order valence-corrected chi connectivity index (χ3v) is 6.02. The molecule has 0 amide bonds. The minimum absolute atomic E-state index is 0.0161. The van der Waals surface area contributed by atoms with Gasteiger partial charge in [-0.25, -0.2) is 4.39 Å². The molecule has 1 atom stereocenters. The second-order valence-corrected chi connectivity index (χ2v) is 8.42. The maximum Gasteiger partial charge on any atom is 0.427 e. The lowest BCUT2D eigenvalue weighted by Gasteiger charge is -2.18. The monoisotopic (exact) mass is 509 g/mol. The summed E-state index contributed by atoms with van der Waals surface area (Å²) in [6, 6.07) is 2.74. The fourth-order valence-electron chi connectivity index (χ4n) is 3.44. The van der Waals surface area contributed by atoms with Crippen LogP contribution in [0.3, 0.4) is 0 Å². The van der Waals surface area contributed by atoms with Crippen molar-refractivity contribution in [3.05, 3.63) is 63.2 Å². The van der Waals surface area contributed by atoms with E-state index in [-0.39, 0.29) is 47.0 Å². The molecule has 184 valence electrons. The van der Waals surface area contributed by atoms with Gasteiger partial charge >= 0.3 is 18.3 Å². The van der Waals surface area contributed by atoms with Gasteiger partial charge in [0.25, 0.3) is 0 Å². The van der Waals surface area contributed by atoms with Crippen LogP contribution < -0.4 is 4.74 Å². The van der Waals surface area contributed by atoms with Crippen molar-refractivity contribution in [2.45, 2.75) is 51.3 Å². The summed E-state index contributed by atoms with van der Waals surface area (Å²) in [6.45, 7) is 0.879. The molecule has 1 aliphatic rings. The van der Waals surface area contributed by atoms with Gasteiger partial charge in [0.2, 0.25) is 0 Å². The van der Waals surface area contributed by atoms with E-state index < -0.39 is 53.5 Å². The molecule has 1 aromatic heterocycles. The lowest BCUT2D eigenvalue weighted by atomic mass is 9.93. The second-order valence-electron chi connectivity index (χ2n) is 7.64. The maximum atomic E-state index is 14.6. The number of halogens is 7. The number of allylic oxidation sites excluding steroid dienone is 4. The Hall–Kier alpha value is -2.89. The number of alkyl halides is 7. The van der Waals surface area contributed by atoms with Gasteiger partial charge in [0, 0.05) is 24.0 Å². The van der Waals surface area contributed by atoms with E-state index in [4.69, 9.17) is 9.84 Å². The Kier molecular flexibility index (Phi) is 7.39. The molecule has 34 heavy (non-hydrogen) atoms. The third kappa shape index (κ3) is 5.96. The molecule has 1 unspecified atom stereocenters. The molecular weight excluding hydrogens is 491 g/mol. The van der Waals surface area contributed by atoms with Crippen LogP contribution in [0.15, 0.2) is 35.9 Å². The highest BCUT2D eigenvalue weighted by Gasteiger charge is 2.39. The third-order valence-electron chi connectivity index (χ3n) is 5.08. The fourth-order valence-corrected chi connectivity index (χ4v) is 4.21. The van der Waals surface area contributed by atoms with Gasteiger partial charge in [-0.05, 0) is 42.6 Å². The Balaban J connectivity index is 1.94. The topological polar surface area (TPSA) is 59.4 Å². The van der Waals surface area contributed by atoms with E-state index in [1.165, 1.54) is 6.08 Å². The molecule has 3 rings (SSSR count). The number of aromatic nitrogens is 1. The number of rotatable bonds is 7. The maximum absolute atomic E-state index is 14.6. The fraction of sp³-hybridized carbons (Fsp3) is 0.364. The number of aryl methyl sites for hydroxylation is 1. The van der Waals surface area contributed by atoms with Gasteiger partial charge in [0.05, 0.1) is 11.3 Å². The van der Waals surface area contributed by atoms with Crippen LogP contribution in [0.25, 0.3) is 5.57 Å². The molecule has 0 aliphatic heterocycles. The van der Waals surface area contributed by atoms with Crippen LogP contribution in [0.4, 0.5) is 30.7 Å². The molecule has 1 aliphatic carbocycles. The number of hydrogen-bond donors (Lipinski definition) is 1. The predicted molar refractivity (Wildman–Crippen MR) is 110 cm³/mol. The molecular formula is C22H18F7NO3S. The molecule has 1 heterocycles. The van der Waals surface area contributed by atoms with Crippen molar-refractivity contribution < 1.29 is 45.4 Å². The molecule has 0 spiro atoms. The molecule has 0 saturated heterocycles. The van der Waals surface area contributed by atoms with Gasteiger partial charge in [-0.3, -0.25) is 4.79 Å². The van der Waals surface area contributed by atoms with E-state index in [1.54, 1.807) is 13.0 Å². The number of benzene rings is 1. The van der Waals surface area contributed by atoms with Crippen molar-refractivity contribution in [2.24, 2.45) is 0 Å². The van der Waals surface area contributed by atoms with Gasteiger partial charge in [-0.1, -0.05) is 23.8 Å². The number of carboxylic acid groups (broad SMARTS) is 1. The number of aliphatic carboxylic acids is 1. The van der Waals surface area contributed by atoms with Crippen LogP contribution in [-0.4, -0.2) is 21.6 Å². The largest absolute Gasteiger partial charge is 0.489 e. The molecule has 0 fully saturated rings. The van der Waals surface area contributed by atoms with Crippen LogP contribution in [0.2, 0.25) is 0 Å². The summed E-state index contributed by atoms with van der Waals surface area (Å²) in [4.78, 5) is 9.58. The zero-order chi connectivity index (χ0) is 25.3. The first kappa shape index (κ1) is 25.7. The summed E-state index contributed by atoms with van der Waals surface area (Å²) in [5.41, 5.74) is -1.51. The van der Waals surface area contributed by atoms with Gasteiger partial charge in [0.1, 0.15) is 23.4 Å². The molecule has 4 nitrogen and oxygen atoms in total. The van der Waals surface area contributed by atoms with Crippen molar-refractivity contribution in [1.29, 1.82) is 0 Å². The van der Waals surface area contributed by atoms with Crippen molar-refractivity contribution in [3.8, 4) is 5.75 Å². The van der Waals surface area contributed by atoms with Crippen LogP contribution in [0, 0.1) is 0 Å². The van der Waals surface area contributed by atoms with E-state index in [2.05, 4.69) is 4.37 Å². The van der Waals surface area contributed by atoms with Crippen LogP contribution in [-0.2, 0) is 30.2 Å². The molecule has 1 aromatic carbocycles. The lowest BCUT2D eigenvalue weighted by molar-refractivity contribution is -0.140. The highest BCUT2D eigenvalue weighted by atomic mass is 32.1. The van der Waals surface area contributed by atoms with Crippen molar-refractivity contribution in [1.82, 2.24) is 4.37 Å². The van der Waals surface area contributed by atoms with Gasteiger partial charge in [0.15, 0.2) is 0 Å². The van der Waals surface area contributed by atoms with Crippen molar-refractivity contribution in [3.63, 3.8) is 0 Å². The number of ether oxygens (including phenoxy) is 1. The second kappa shape index (κ2) is 9.77. The first-order valence-corrected chi connectivity index (χ1v) is 10.7. The average molecular weight is 509 g/mol. The number of carboxylic acids is 1. The molecule has 0 bridgehead atoms. The Labute approximate surface area is 193 Å². The quantitative estimate of drug-likeness (QED) is 0.415. The molecule has 0 radical (unpaired) electrons. The summed E-state index contributed by atoms with van der Waals surface area (Å²) in [6.07, 6.45) is -9.28. The highest BCUT2D eigenvalue weighted by molar-refractivity contribution is 7.06. The number of hydrogen-bond acceptors (Lipinski definition) is 4. The standard InChI is InChI=1S/C22H18F7NO3S/c1-11-2-6-14(17(23)8-11)19-15(20(34-30-19)22(27,28)29)10-33-13-5-3-12(4-7-18(31)32)16(9-13)21(24,25)26/h2-3,5-6,9,17H,4,7-8,10H2,1H3,(H,31,32). The highest BCUT2D eigenvalue weighted by Crippen LogP contribution is 2.41. The van der Waals surface area contributed by atoms with Crippen molar-refractivity contribution in [2.75, 3.05) is 0 Å². The number of nitrogens with zero attached hydrogens (tertiary/aromatic N) is 1. The molecule has 0 saturated carbocycles. The van der Waals surface area contributed by atoms with Crippen molar-refractivity contribution >= 4 is 23.1 Å². The lowest BCUT2D eigenvalue weighted by Crippen LogP contribution is -2.14. The summed E-state index contributed by atoms with van der Waals surface area (Å²) in [5.74, 6) is -1.65. The van der Waals surface area contributed by atoms with Gasteiger partial charge < -0.3 is 9.84 Å². The Morgan fingerprint density at radius 1 is 1.18 bits per heavy atom. The summed E-state index contributed by atoms with van der Waals surface area (Å²) in [7, 11) is 0. The van der Waals surface area contributed by atoms with E-state index in [9.17, 15) is 35.5 Å². The first-order valence-electron chi connectivity index (χ1n) is 9.89. The molecule has 1 N–H and O–H groups in total. The Morgan fingerprint density at radius 3 is 2.47 bits per heavy atom. The van der Waals surface area contributed by atoms with E-state index in [0.717, 1.165) is 12.1 Å². The Bertz CT molecular complexity index is 1130. The smallest absolute Gasteiger partial charge is 0.427 e. The van der Waals surface area contributed by atoms with Crippen LogP contribution in [0.5, 0.6) is 5.75 Å². The minimum atomic E-state index is -4.84. The number of carbonyl (C=O) groups is 1. The van der Waals surface area contributed by atoms with Crippen LogP contribution in [0.1, 0.15) is 47.0 Å². The predicted octanol–water partition coefficient (Wildman–Crippen LogP) is 6.85.